The summed E-state index contributed by atoms with van der Waals surface area (Å²) in [5.74, 6) is -0.490. The number of hydrogen-bond donors (Lipinski definition) is 0. The molecule has 0 aromatic heterocycles. The van der Waals surface area contributed by atoms with Crippen molar-refractivity contribution in [1.29, 1.82) is 0 Å². The van der Waals surface area contributed by atoms with E-state index in [2.05, 4.69) is 20.8 Å². The van der Waals surface area contributed by atoms with Crippen molar-refractivity contribution in [3.8, 4) is 0 Å². The van der Waals surface area contributed by atoms with Gasteiger partial charge in [0.05, 0.1) is 0 Å². The van der Waals surface area contributed by atoms with Crippen molar-refractivity contribution in [2.24, 2.45) is 5.41 Å². The van der Waals surface area contributed by atoms with Gasteiger partial charge < -0.3 is 4.74 Å². The van der Waals surface area contributed by atoms with Crippen LogP contribution in [0.5, 0.6) is 0 Å². The maximum Gasteiger partial charge on any atom is 0.209 e. The van der Waals surface area contributed by atoms with E-state index in [9.17, 15) is 0 Å². The summed E-state index contributed by atoms with van der Waals surface area (Å²) in [4.78, 5) is 10.4. The van der Waals surface area contributed by atoms with Gasteiger partial charge in [0.15, 0.2) is 6.29 Å². The largest absolute Gasteiger partial charge is 0.314 e. The molecule has 0 saturated carbocycles. The second kappa shape index (κ2) is 2.44. The first-order valence-electron chi connectivity index (χ1n) is 4.56. The Kier molecular flexibility index (Phi) is 1.72. The van der Waals surface area contributed by atoms with Gasteiger partial charge in [0.1, 0.15) is 0 Å². The molecule has 0 aromatic carbocycles. The second-order valence-electron chi connectivity index (χ2n) is 4.62. The van der Waals surface area contributed by atoms with Crippen molar-refractivity contribution in [2.45, 2.75) is 52.1 Å². The van der Waals surface area contributed by atoms with Crippen LogP contribution in [0.4, 0.5) is 0 Å². The summed E-state index contributed by atoms with van der Waals surface area (Å²) < 4.78 is 5.70. The van der Waals surface area contributed by atoms with E-state index in [1.807, 2.05) is 0 Å². The predicted molar refractivity (Wildman–Crippen MR) is 43.1 cm³/mol. The SMILES string of the molecule is CC(C)(C)[C@@]12CCC[C@@H](OO1)O2. The van der Waals surface area contributed by atoms with Gasteiger partial charge in [-0.3, -0.25) is 0 Å². The zero-order valence-electron chi connectivity index (χ0n) is 7.92. The van der Waals surface area contributed by atoms with Gasteiger partial charge in [0.25, 0.3) is 0 Å². The van der Waals surface area contributed by atoms with Gasteiger partial charge in [-0.1, -0.05) is 20.8 Å². The van der Waals surface area contributed by atoms with E-state index in [4.69, 9.17) is 14.5 Å². The lowest BCUT2D eigenvalue weighted by atomic mass is 9.81. The lowest BCUT2D eigenvalue weighted by Crippen LogP contribution is -2.46. The summed E-state index contributed by atoms with van der Waals surface area (Å²) in [6, 6.07) is 0. The van der Waals surface area contributed by atoms with Gasteiger partial charge in [-0.25, -0.2) is 4.89 Å². The molecule has 0 spiro atoms. The van der Waals surface area contributed by atoms with Crippen LogP contribution in [0.25, 0.3) is 0 Å². The Morgan fingerprint density at radius 2 is 2.08 bits per heavy atom. The highest BCUT2D eigenvalue weighted by Crippen LogP contribution is 2.47. The zero-order chi connectivity index (χ0) is 8.82. The average molecular weight is 172 g/mol. The maximum absolute atomic E-state index is 5.70. The van der Waals surface area contributed by atoms with Crippen molar-refractivity contribution in [3.05, 3.63) is 0 Å². The molecule has 2 saturated heterocycles. The summed E-state index contributed by atoms with van der Waals surface area (Å²) in [6.45, 7) is 6.35. The van der Waals surface area contributed by atoms with Crippen molar-refractivity contribution >= 4 is 0 Å². The van der Waals surface area contributed by atoms with Crippen LogP contribution in [-0.4, -0.2) is 12.1 Å². The molecule has 0 amide bonds. The molecule has 0 aromatic rings. The van der Waals surface area contributed by atoms with Crippen molar-refractivity contribution in [2.75, 3.05) is 0 Å². The molecule has 0 radical (unpaired) electrons. The van der Waals surface area contributed by atoms with Crippen LogP contribution in [0.2, 0.25) is 0 Å². The molecule has 2 aliphatic heterocycles. The lowest BCUT2D eigenvalue weighted by molar-refractivity contribution is -0.351. The van der Waals surface area contributed by atoms with Crippen LogP contribution in [0.15, 0.2) is 0 Å². The third kappa shape index (κ3) is 1.08. The van der Waals surface area contributed by atoms with Crippen LogP contribution < -0.4 is 0 Å². The molecule has 2 aliphatic rings. The molecule has 2 fully saturated rings. The first-order chi connectivity index (χ1) is 5.54. The van der Waals surface area contributed by atoms with Gasteiger partial charge in [0, 0.05) is 18.3 Å². The average Bonchev–Trinajstić information content (AvgIpc) is 2.27. The van der Waals surface area contributed by atoms with Crippen molar-refractivity contribution < 1.29 is 14.5 Å². The summed E-state index contributed by atoms with van der Waals surface area (Å²) in [5.41, 5.74) is -0.0117. The van der Waals surface area contributed by atoms with E-state index in [0.29, 0.717) is 0 Å². The first kappa shape index (κ1) is 8.48. The summed E-state index contributed by atoms with van der Waals surface area (Å²) in [5, 5.41) is 0. The second-order valence-corrected chi connectivity index (χ2v) is 4.62. The van der Waals surface area contributed by atoms with Crippen LogP contribution in [0.3, 0.4) is 0 Å². The quantitative estimate of drug-likeness (QED) is 0.524. The maximum atomic E-state index is 5.70. The minimum absolute atomic E-state index is 0.0117. The van der Waals surface area contributed by atoms with Crippen LogP contribution in [0.1, 0.15) is 40.0 Å². The van der Waals surface area contributed by atoms with Gasteiger partial charge in [-0.05, 0) is 6.42 Å². The predicted octanol–water partition coefficient (Wildman–Crippen LogP) is 2.22. The molecular formula is C9H16O3. The highest BCUT2D eigenvalue weighted by Gasteiger charge is 2.54. The molecule has 0 unspecified atom stereocenters. The van der Waals surface area contributed by atoms with E-state index < -0.39 is 5.79 Å². The van der Waals surface area contributed by atoms with Crippen molar-refractivity contribution in [3.63, 3.8) is 0 Å². The molecule has 3 nitrogen and oxygen atoms in total. The number of hydrogen-bond acceptors (Lipinski definition) is 3. The molecule has 2 atom stereocenters. The molecule has 70 valence electrons. The van der Waals surface area contributed by atoms with Gasteiger partial charge in [0.2, 0.25) is 5.79 Å². The van der Waals surface area contributed by atoms with Gasteiger partial charge in [-0.15, -0.1) is 0 Å². The lowest BCUT2D eigenvalue weighted by Gasteiger charge is -2.39. The van der Waals surface area contributed by atoms with Crippen LogP contribution in [0, 0.1) is 5.41 Å². The molecule has 12 heavy (non-hydrogen) atoms. The molecule has 2 bridgehead atoms. The number of ether oxygens (including phenoxy) is 1. The summed E-state index contributed by atoms with van der Waals surface area (Å²) in [6.07, 6.45) is 2.89. The molecule has 2 rings (SSSR count). The Morgan fingerprint density at radius 1 is 1.33 bits per heavy atom. The minimum atomic E-state index is -0.490. The normalized spacial score (nSPS) is 41.8. The smallest absolute Gasteiger partial charge is 0.209 e. The zero-order valence-corrected chi connectivity index (χ0v) is 7.92. The third-order valence-electron chi connectivity index (χ3n) is 2.70. The highest BCUT2D eigenvalue weighted by atomic mass is 17.3. The fraction of sp³-hybridized carbons (Fsp3) is 1.00. The Bertz CT molecular complexity index is 181. The number of rotatable bonds is 0. The van der Waals surface area contributed by atoms with E-state index in [-0.39, 0.29) is 11.7 Å². The highest BCUT2D eigenvalue weighted by molar-refractivity contribution is 4.88. The third-order valence-corrected chi connectivity index (χ3v) is 2.70. The molecule has 3 heteroatoms. The topological polar surface area (TPSA) is 27.7 Å². The molecule has 2 heterocycles. The van der Waals surface area contributed by atoms with Crippen LogP contribution in [-0.2, 0) is 14.5 Å². The minimum Gasteiger partial charge on any atom is -0.314 e. The Balaban J connectivity index is 2.21. The Morgan fingerprint density at radius 3 is 2.67 bits per heavy atom. The van der Waals surface area contributed by atoms with E-state index >= 15 is 0 Å². The molecular weight excluding hydrogens is 156 g/mol. The molecule has 0 aliphatic carbocycles. The van der Waals surface area contributed by atoms with E-state index in [1.54, 1.807) is 0 Å². The molecule has 0 N–H and O–H groups in total. The van der Waals surface area contributed by atoms with Gasteiger partial charge in [-0.2, -0.15) is 4.89 Å². The van der Waals surface area contributed by atoms with E-state index in [0.717, 1.165) is 19.3 Å². The summed E-state index contributed by atoms with van der Waals surface area (Å²) >= 11 is 0. The Labute approximate surface area is 72.9 Å². The number of fused-ring (bicyclic) bond motifs is 2. The standard InChI is InChI=1S/C9H16O3/c1-8(2,3)9-6-4-5-7(10-9)11-12-9/h7H,4-6H2,1-3H3/t7-,9-/m1/s1. The van der Waals surface area contributed by atoms with Gasteiger partial charge >= 0.3 is 0 Å². The van der Waals surface area contributed by atoms with Crippen molar-refractivity contribution in [1.82, 2.24) is 0 Å². The van der Waals surface area contributed by atoms with Crippen LogP contribution >= 0.6 is 0 Å². The fourth-order valence-corrected chi connectivity index (χ4v) is 1.77. The Hall–Kier alpha value is -0.120. The van der Waals surface area contributed by atoms with E-state index in [1.165, 1.54) is 0 Å². The summed E-state index contributed by atoms with van der Waals surface area (Å²) in [7, 11) is 0. The fourth-order valence-electron chi connectivity index (χ4n) is 1.77. The first-order valence-corrected chi connectivity index (χ1v) is 4.56. The monoisotopic (exact) mass is 172 g/mol.